The van der Waals surface area contributed by atoms with Gasteiger partial charge in [0.1, 0.15) is 12.2 Å². The maximum Gasteiger partial charge on any atom is 0.251 e. The maximum atomic E-state index is 12.1. The van der Waals surface area contributed by atoms with E-state index in [2.05, 4.69) is 15.6 Å². The van der Waals surface area contributed by atoms with Gasteiger partial charge in [0.15, 0.2) is 35.1 Å². The first-order valence-corrected chi connectivity index (χ1v) is 10.8. The average molecular weight is 463 g/mol. The largest absolute Gasteiger partial charge is 0.387 e. The van der Waals surface area contributed by atoms with E-state index in [-0.39, 0.29) is 0 Å². The van der Waals surface area contributed by atoms with Gasteiger partial charge in [-0.2, -0.15) is 0 Å². The number of aliphatic hydroxyl groups excluding tert-OH is 2. The minimum atomic E-state index is -1.40. The number of amides is 1. The lowest BCUT2D eigenvalue weighted by molar-refractivity contribution is -0.137. The van der Waals surface area contributed by atoms with Gasteiger partial charge in [0.25, 0.3) is 5.91 Å². The Morgan fingerprint density at radius 2 is 1.91 bits per heavy atom. The third-order valence-corrected chi connectivity index (χ3v) is 5.91. The molecule has 0 bridgehead atoms. The van der Waals surface area contributed by atoms with Gasteiger partial charge in [-0.25, -0.2) is 15.0 Å². The number of nitrogens with zero attached hydrogens (tertiary/aromatic N) is 5. The van der Waals surface area contributed by atoms with Crippen LogP contribution in [0.4, 0.5) is 5.82 Å². The van der Waals surface area contributed by atoms with Crippen LogP contribution >= 0.6 is 0 Å². The Kier molecular flexibility index (Phi) is 5.74. The van der Waals surface area contributed by atoms with Crippen LogP contribution in [0.2, 0.25) is 0 Å². The van der Waals surface area contributed by atoms with Crippen molar-refractivity contribution in [2.45, 2.75) is 31.1 Å². The molecule has 4 atom stereocenters. The lowest BCUT2D eigenvalue weighted by Gasteiger charge is -2.17. The number of benzene rings is 1. The number of aryl methyl sites for hydroxylation is 1. The fourth-order valence-electron chi connectivity index (χ4n) is 4.06. The zero-order valence-electron chi connectivity index (χ0n) is 18.7. The van der Waals surface area contributed by atoms with Crippen molar-refractivity contribution in [3.63, 3.8) is 0 Å². The van der Waals surface area contributed by atoms with E-state index in [0.29, 0.717) is 29.4 Å². The molecule has 0 unspecified atom stereocenters. The number of hydrogen-bond donors (Lipinski definition) is 4. The first-order chi connectivity index (χ1) is 16.5. The number of ether oxygens (including phenoxy) is 1. The van der Waals surface area contributed by atoms with E-state index in [1.54, 1.807) is 0 Å². The van der Waals surface area contributed by atoms with Gasteiger partial charge in [-0.1, -0.05) is 30.3 Å². The zero-order valence-corrected chi connectivity index (χ0v) is 18.7. The summed E-state index contributed by atoms with van der Waals surface area (Å²) in [5.74, 6) is 0.440. The Morgan fingerprint density at radius 1 is 1.12 bits per heavy atom. The Bertz CT molecular complexity index is 1320. The highest BCUT2D eigenvalue weighted by Crippen LogP contribution is 2.33. The summed E-state index contributed by atoms with van der Waals surface area (Å²) >= 11 is 0. The van der Waals surface area contributed by atoms with E-state index in [9.17, 15) is 15.0 Å². The van der Waals surface area contributed by atoms with Gasteiger partial charge >= 0.3 is 0 Å². The van der Waals surface area contributed by atoms with Crippen LogP contribution in [0, 0.1) is 0 Å². The summed E-state index contributed by atoms with van der Waals surface area (Å²) < 4.78 is 9.16. The molecule has 1 aliphatic heterocycles. The Labute approximate surface area is 195 Å². The SMILES string of the molecule is CNC(=O)[C@H]1O[C@@H](n2cnc3c(NCc4ccccc4)nc(-c4cccn4C)nc32)[C@H](O)[C@@H]1O. The molecule has 0 radical (unpaired) electrons. The molecule has 1 saturated heterocycles. The zero-order chi connectivity index (χ0) is 23.8. The number of rotatable bonds is 6. The highest BCUT2D eigenvalue weighted by atomic mass is 16.6. The van der Waals surface area contributed by atoms with Crippen molar-refractivity contribution >= 4 is 22.9 Å². The molecule has 0 saturated carbocycles. The van der Waals surface area contributed by atoms with Crippen LogP contribution in [-0.4, -0.2) is 65.6 Å². The summed E-state index contributed by atoms with van der Waals surface area (Å²) in [4.78, 5) is 26.0. The van der Waals surface area contributed by atoms with Crippen LogP contribution in [0.25, 0.3) is 22.7 Å². The minimum absolute atomic E-state index is 0.399. The number of aromatic nitrogens is 5. The quantitative estimate of drug-likeness (QED) is 0.329. The van der Waals surface area contributed by atoms with Gasteiger partial charge in [-0.3, -0.25) is 9.36 Å². The molecule has 176 valence electrons. The fourth-order valence-corrected chi connectivity index (χ4v) is 4.06. The molecule has 1 amide bonds. The van der Waals surface area contributed by atoms with Crippen molar-refractivity contribution < 1.29 is 19.7 Å². The number of likely N-dealkylation sites (N-methyl/N-ethyl adjacent to an activating group) is 1. The summed E-state index contributed by atoms with van der Waals surface area (Å²) in [7, 11) is 3.33. The molecule has 34 heavy (non-hydrogen) atoms. The number of carbonyl (C=O) groups is 1. The van der Waals surface area contributed by atoms with E-state index >= 15 is 0 Å². The smallest absolute Gasteiger partial charge is 0.251 e. The molecular formula is C23H25N7O4. The monoisotopic (exact) mass is 463 g/mol. The second kappa shape index (κ2) is 8.86. The van der Waals surface area contributed by atoms with E-state index in [0.717, 1.165) is 11.3 Å². The molecule has 0 aliphatic carbocycles. The summed E-state index contributed by atoms with van der Waals surface area (Å²) in [6, 6.07) is 13.7. The number of hydrogen-bond acceptors (Lipinski definition) is 8. The molecule has 5 rings (SSSR count). The Hall–Kier alpha value is -3.80. The average Bonchev–Trinajstić information content (AvgIpc) is 3.55. The predicted molar refractivity (Wildman–Crippen MR) is 123 cm³/mol. The summed E-state index contributed by atoms with van der Waals surface area (Å²) in [5.41, 5.74) is 2.73. The van der Waals surface area contributed by atoms with Crippen molar-refractivity contribution in [3.8, 4) is 11.5 Å². The van der Waals surface area contributed by atoms with Gasteiger partial charge in [-0.05, 0) is 17.7 Å². The number of fused-ring (bicyclic) bond motifs is 1. The fraction of sp³-hybridized carbons (Fsp3) is 0.304. The summed E-state index contributed by atoms with van der Waals surface area (Å²) in [6.45, 7) is 0.520. The van der Waals surface area contributed by atoms with E-state index < -0.39 is 30.4 Å². The van der Waals surface area contributed by atoms with Crippen molar-refractivity contribution in [2.75, 3.05) is 12.4 Å². The molecule has 4 heterocycles. The molecule has 1 aliphatic rings. The van der Waals surface area contributed by atoms with Gasteiger partial charge in [0, 0.05) is 26.8 Å². The highest BCUT2D eigenvalue weighted by Gasteiger charge is 2.47. The van der Waals surface area contributed by atoms with Crippen molar-refractivity contribution in [1.82, 2.24) is 29.4 Å². The standard InChI is InChI=1S/C23H25N7O4/c1-24-22(33)18-16(31)17(32)23(34-18)30-12-26-15-20(25-11-13-7-4-3-5-8-13)27-19(28-21(15)30)14-9-6-10-29(14)2/h3-10,12,16-18,23,31-32H,11H2,1-2H3,(H,24,33)(H,25,27,28)/t16-,17+,18-,23+/m0/s1. The predicted octanol–water partition coefficient (Wildman–Crippen LogP) is 0.809. The summed E-state index contributed by atoms with van der Waals surface area (Å²) in [5, 5.41) is 26.8. The van der Waals surface area contributed by atoms with Crippen molar-refractivity contribution in [3.05, 3.63) is 60.6 Å². The maximum absolute atomic E-state index is 12.1. The first kappa shape index (κ1) is 22.0. The Morgan fingerprint density at radius 3 is 2.62 bits per heavy atom. The van der Waals surface area contributed by atoms with Gasteiger partial charge in [-0.15, -0.1) is 0 Å². The molecule has 1 fully saturated rings. The number of aliphatic hydroxyl groups is 2. The normalized spacial score (nSPS) is 22.2. The molecule has 4 N–H and O–H groups in total. The molecular weight excluding hydrogens is 438 g/mol. The minimum Gasteiger partial charge on any atom is -0.387 e. The third kappa shape index (κ3) is 3.79. The molecule has 3 aromatic heterocycles. The molecule has 11 heteroatoms. The van der Waals surface area contributed by atoms with Crippen LogP contribution in [-0.2, 0) is 23.1 Å². The van der Waals surface area contributed by atoms with E-state index in [4.69, 9.17) is 14.7 Å². The van der Waals surface area contributed by atoms with Crippen LogP contribution in [0.15, 0.2) is 55.0 Å². The highest BCUT2D eigenvalue weighted by molar-refractivity contribution is 5.85. The molecule has 1 aromatic carbocycles. The van der Waals surface area contributed by atoms with Crippen LogP contribution in [0.1, 0.15) is 11.8 Å². The van der Waals surface area contributed by atoms with Crippen LogP contribution in [0.5, 0.6) is 0 Å². The molecule has 0 spiro atoms. The van der Waals surface area contributed by atoms with Gasteiger partial charge < -0.3 is 30.2 Å². The second-order valence-corrected chi connectivity index (χ2v) is 8.11. The third-order valence-electron chi connectivity index (χ3n) is 5.91. The van der Waals surface area contributed by atoms with E-state index in [1.165, 1.54) is 17.9 Å². The van der Waals surface area contributed by atoms with Crippen LogP contribution in [0.3, 0.4) is 0 Å². The molecule has 4 aromatic rings. The summed E-state index contributed by atoms with van der Waals surface area (Å²) in [6.07, 6.45) is -1.66. The van der Waals surface area contributed by atoms with E-state index in [1.807, 2.05) is 60.3 Å². The number of anilines is 1. The van der Waals surface area contributed by atoms with Crippen molar-refractivity contribution in [1.29, 1.82) is 0 Å². The lowest BCUT2D eigenvalue weighted by atomic mass is 10.1. The first-order valence-electron chi connectivity index (χ1n) is 10.8. The lowest BCUT2D eigenvalue weighted by Crippen LogP contribution is -2.41. The topological polar surface area (TPSA) is 139 Å². The van der Waals surface area contributed by atoms with Crippen molar-refractivity contribution in [2.24, 2.45) is 7.05 Å². The number of carbonyl (C=O) groups excluding carboxylic acids is 1. The van der Waals surface area contributed by atoms with Crippen LogP contribution < -0.4 is 10.6 Å². The van der Waals surface area contributed by atoms with Gasteiger partial charge in [0.05, 0.1) is 12.0 Å². The Balaban J connectivity index is 1.58. The van der Waals surface area contributed by atoms with Gasteiger partial charge in [0.2, 0.25) is 0 Å². The number of imidazole rings is 1. The number of nitrogens with one attached hydrogen (secondary N) is 2. The second-order valence-electron chi connectivity index (χ2n) is 8.11. The molecule has 11 nitrogen and oxygen atoms in total.